The highest BCUT2D eigenvalue weighted by molar-refractivity contribution is 6.36. The molecule has 2 amide bonds. The fourth-order valence-electron chi connectivity index (χ4n) is 3.22. The lowest BCUT2D eigenvalue weighted by molar-refractivity contribution is -0.123. The second kappa shape index (κ2) is 5.97. The first-order valence-corrected chi connectivity index (χ1v) is 8.29. The van der Waals surface area contributed by atoms with Crippen LogP contribution in [-0.4, -0.2) is 28.9 Å². The van der Waals surface area contributed by atoms with Gasteiger partial charge in [-0.1, -0.05) is 58.8 Å². The van der Waals surface area contributed by atoms with Gasteiger partial charge in [0.05, 0.1) is 17.3 Å². The Kier molecular flexibility index (Phi) is 3.77. The molecule has 7 heteroatoms. The van der Waals surface area contributed by atoms with E-state index in [9.17, 15) is 9.59 Å². The Hall–Kier alpha value is -2.73. The Morgan fingerprint density at radius 2 is 1.88 bits per heavy atom. The number of nitrogens with zero attached hydrogens (tertiary/aromatic N) is 4. The highest BCUT2D eigenvalue weighted by atomic mass is 35.5. The third-order valence-electron chi connectivity index (χ3n) is 4.38. The highest BCUT2D eigenvalue weighted by Crippen LogP contribution is 2.35. The van der Waals surface area contributed by atoms with Crippen LogP contribution in [0.1, 0.15) is 11.1 Å². The van der Waals surface area contributed by atoms with Crippen molar-refractivity contribution in [3.63, 3.8) is 0 Å². The number of carbonyl (C=O) groups excluding carboxylic acids is 2. The Bertz CT molecular complexity index is 898. The zero-order valence-electron chi connectivity index (χ0n) is 13.5. The van der Waals surface area contributed by atoms with Crippen molar-refractivity contribution in [2.45, 2.75) is 25.6 Å². The summed E-state index contributed by atoms with van der Waals surface area (Å²) >= 11 is 6.16. The molecule has 0 aromatic heterocycles. The standard InChI is InChI=1S/C18H15ClN4O2/c1-11-5-4-6-12(9-11)10-22-16-15(20-21-22)17(24)23(18(16)25)14-8-3-2-7-13(14)19/h2-9,15-16H,10H2,1H3/t15-,16-/m0/s1. The molecule has 0 radical (unpaired) electrons. The van der Waals surface area contributed by atoms with Crippen molar-refractivity contribution < 1.29 is 9.59 Å². The lowest BCUT2D eigenvalue weighted by Crippen LogP contribution is -2.39. The zero-order valence-corrected chi connectivity index (χ0v) is 14.2. The fourth-order valence-corrected chi connectivity index (χ4v) is 3.44. The van der Waals surface area contributed by atoms with Gasteiger partial charge in [-0.3, -0.25) is 14.6 Å². The summed E-state index contributed by atoms with van der Waals surface area (Å²) < 4.78 is 0. The molecule has 2 aromatic carbocycles. The summed E-state index contributed by atoms with van der Waals surface area (Å²) in [4.78, 5) is 26.7. The molecule has 1 fully saturated rings. The number of hydrogen-bond donors (Lipinski definition) is 0. The maximum Gasteiger partial charge on any atom is 0.263 e. The average Bonchev–Trinajstić information content (AvgIpc) is 3.10. The summed E-state index contributed by atoms with van der Waals surface area (Å²) in [5, 5.41) is 10.0. The van der Waals surface area contributed by atoms with Gasteiger partial charge in [-0.15, -0.1) is 0 Å². The van der Waals surface area contributed by atoms with E-state index in [0.717, 1.165) is 16.0 Å². The predicted molar refractivity (Wildman–Crippen MR) is 93.1 cm³/mol. The van der Waals surface area contributed by atoms with Crippen molar-refractivity contribution in [3.8, 4) is 0 Å². The summed E-state index contributed by atoms with van der Waals surface area (Å²) in [6.07, 6.45) is 0. The first-order valence-electron chi connectivity index (χ1n) is 7.91. The van der Waals surface area contributed by atoms with E-state index in [4.69, 9.17) is 11.6 Å². The minimum atomic E-state index is -0.811. The maximum absolute atomic E-state index is 12.9. The highest BCUT2D eigenvalue weighted by Gasteiger charge is 2.55. The van der Waals surface area contributed by atoms with E-state index >= 15 is 0 Å². The molecule has 2 atom stereocenters. The van der Waals surface area contributed by atoms with Gasteiger partial charge >= 0.3 is 0 Å². The van der Waals surface area contributed by atoms with Crippen LogP contribution in [0.2, 0.25) is 5.02 Å². The average molecular weight is 355 g/mol. The van der Waals surface area contributed by atoms with E-state index in [0.29, 0.717) is 17.3 Å². The Morgan fingerprint density at radius 1 is 1.08 bits per heavy atom. The zero-order chi connectivity index (χ0) is 17.6. The smallest absolute Gasteiger partial charge is 0.263 e. The summed E-state index contributed by atoms with van der Waals surface area (Å²) in [6.45, 7) is 2.42. The van der Waals surface area contributed by atoms with Crippen LogP contribution in [-0.2, 0) is 16.1 Å². The normalized spacial score (nSPS) is 22.0. The predicted octanol–water partition coefficient (Wildman–Crippen LogP) is 3.14. The molecule has 4 rings (SSSR count). The van der Waals surface area contributed by atoms with Gasteiger partial charge in [-0.2, -0.15) is 5.11 Å². The number of carbonyl (C=O) groups is 2. The number of fused-ring (bicyclic) bond motifs is 1. The van der Waals surface area contributed by atoms with Crippen molar-refractivity contribution in [2.75, 3.05) is 4.90 Å². The summed E-state index contributed by atoms with van der Waals surface area (Å²) in [6, 6.07) is 13.2. The molecule has 2 aliphatic heterocycles. The minimum Gasteiger partial charge on any atom is -0.271 e. The van der Waals surface area contributed by atoms with Crippen LogP contribution >= 0.6 is 11.6 Å². The van der Waals surface area contributed by atoms with Gasteiger partial charge in [0.15, 0.2) is 12.1 Å². The number of anilines is 1. The molecule has 2 aliphatic rings. The second-order valence-corrected chi connectivity index (χ2v) is 6.55. The SMILES string of the molecule is Cc1cccc(CN2N=N[C@@H]3C(=O)N(c4ccccc4Cl)C(=O)[C@H]32)c1. The van der Waals surface area contributed by atoms with Crippen LogP contribution in [0.4, 0.5) is 5.69 Å². The molecule has 25 heavy (non-hydrogen) atoms. The van der Waals surface area contributed by atoms with Gasteiger partial charge in [0.1, 0.15) is 0 Å². The molecular formula is C18H15ClN4O2. The molecular weight excluding hydrogens is 340 g/mol. The van der Waals surface area contributed by atoms with Crippen LogP contribution in [0.15, 0.2) is 58.9 Å². The lowest BCUT2D eigenvalue weighted by atomic mass is 10.1. The largest absolute Gasteiger partial charge is 0.271 e. The summed E-state index contributed by atoms with van der Waals surface area (Å²) in [5.74, 6) is -0.737. The summed E-state index contributed by atoms with van der Waals surface area (Å²) in [7, 11) is 0. The Balaban J connectivity index is 1.63. The van der Waals surface area contributed by atoms with Gasteiger partial charge in [0.2, 0.25) is 0 Å². The first kappa shape index (κ1) is 15.8. The molecule has 0 unspecified atom stereocenters. The van der Waals surface area contributed by atoms with Crippen LogP contribution < -0.4 is 4.90 Å². The minimum absolute atomic E-state index is 0.347. The molecule has 6 nitrogen and oxygen atoms in total. The van der Waals surface area contributed by atoms with Gasteiger partial charge < -0.3 is 0 Å². The molecule has 126 valence electrons. The van der Waals surface area contributed by atoms with E-state index in [1.807, 2.05) is 31.2 Å². The van der Waals surface area contributed by atoms with Gasteiger partial charge in [-0.25, -0.2) is 4.90 Å². The van der Waals surface area contributed by atoms with Crippen LogP contribution in [0, 0.1) is 6.92 Å². The van der Waals surface area contributed by atoms with Crippen LogP contribution in [0.25, 0.3) is 0 Å². The van der Waals surface area contributed by atoms with Crippen molar-refractivity contribution in [1.29, 1.82) is 0 Å². The van der Waals surface area contributed by atoms with Crippen LogP contribution in [0.3, 0.4) is 0 Å². The fraction of sp³-hybridized carbons (Fsp3) is 0.222. The molecule has 0 aliphatic carbocycles. The number of rotatable bonds is 3. The van der Waals surface area contributed by atoms with Gasteiger partial charge in [0, 0.05) is 0 Å². The summed E-state index contributed by atoms with van der Waals surface area (Å²) in [5.41, 5.74) is 2.52. The number of imide groups is 1. The molecule has 0 N–H and O–H groups in total. The van der Waals surface area contributed by atoms with E-state index in [1.165, 1.54) is 0 Å². The first-order chi connectivity index (χ1) is 12.1. The van der Waals surface area contributed by atoms with E-state index in [-0.39, 0.29) is 5.91 Å². The maximum atomic E-state index is 12.9. The Morgan fingerprint density at radius 3 is 2.64 bits per heavy atom. The topological polar surface area (TPSA) is 65.3 Å². The van der Waals surface area contributed by atoms with Crippen molar-refractivity contribution in [3.05, 3.63) is 64.7 Å². The second-order valence-electron chi connectivity index (χ2n) is 6.14. The van der Waals surface area contributed by atoms with Crippen LogP contribution in [0.5, 0.6) is 0 Å². The number of amides is 2. The Labute approximate surface area is 149 Å². The number of halogens is 1. The van der Waals surface area contributed by atoms with E-state index < -0.39 is 18.0 Å². The monoisotopic (exact) mass is 354 g/mol. The molecule has 1 saturated heterocycles. The number of para-hydroxylation sites is 1. The van der Waals surface area contributed by atoms with E-state index in [2.05, 4.69) is 10.3 Å². The number of aryl methyl sites for hydroxylation is 1. The third-order valence-corrected chi connectivity index (χ3v) is 4.70. The quantitative estimate of drug-likeness (QED) is 0.795. The van der Waals surface area contributed by atoms with Gasteiger partial charge in [-0.05, 0) is 24.6 Å². The molecule has 2 aromatic rings. The lowest BCUT2D eigenvalue weighted by Gasteiger charge is -2.21. The van der Waals surface area contributed by atoms with Crippen molar-refractivity contribution in [1.82, 2.24) is 5.01 Å². The van der Waals surface area contributed by atoms with E-state index in [1.54, 1.807) is 29.3 Å². The van der Waals surface area contributed by atoms with Crippen molar-refractivity contribution in [2.24, 2.45) is 10.3 Å². The van der Waals surface area contributed by atoms with Gasteiger partial charge in [0.25, 0.3) is 11.8 Å². The molecule has 2 heterocycles. The number of benzene rings is 2. The molecule has 0 bridgehead atoms. The molecule has 0 saturated carbocycles. The molecule has 0 spiro atoms. The number of hydrogen-bond acceptors (Lipinski definition) is 5. The van der Waals surface area contributed by atoms with Crippen molar-refractivity contribution >= 4 is 29.1 Å². The third kappa shape index (κ3) is 2.59.